The molecule has 0 saturated carbocycles. The summed E-state index contributed by atoms with van der Waals surface area (Å²) in [5, 5.41) is 14.5. The van der Waals surface area contributed by atoms with Crippen LogP contribution < -0.4 is 5.32 Å². The van der Waals surface area contributed by atoms with Gasteiger partial charge in [0.15, 0.2) is 0 Å². The molecule has 2 aromatic rings. The molecule has 1 aromatic carbocycles. The van der Waals surface area contributed by atoms with Crippen LogP contribution in [0.25, 0.3) is 10.9 Å². The molecule has 19 heavy (non-hydrogen) atoms. The molecule has 96 valence electrons. The molecule has 0 fully saturated rings. The number of anilines is 1. The maximum Gasteiger partial charge on any atom is 0.270 e. The van der Waals surface area contributed by atoms with Gasteiger partial charge in [-0.05, 0) is 24.6 Å². The molecule has 0 bridgehead atoms. The lowest BCUT2D eigenvalue weighted by Gasteiger charge is -2.11. The molecule has 0 amide bonds. The summed E-state index contributed by atoms with van der Waals surface area (Å²) in [7, 11) is 0. The first-order valence-electron chi connectivity index (χ1n) is 5.92. The highest BCUT2D eigenvalue weighted by molar-refractivity contribution is 5.82. The standard InChI is InChI=1S/C14H13N3O2/c1-3-11(4-2)15-14-8-5-10-9-12(17(18)19)6-7-13(10)16-14/h1,5-9,11H,4H2,2H3,(H,15,16). The maximum absolute atomic E-state index is 10.7. The number of non-ortho nitro benzene ring substituents is 1. The van der Waals surface area contributed by atoms with Crippen molar-refractivity contribution < 1.29 is 4.92 Å². The fraction of sp³-hybridized carbons (Fsp3) is 0.214. The van der Waals surface area contributed by atoms with Crippen LogP contribution in [0.4, 0.5) is 11.5 Å². The van der Waals surface area contributed by atoms with E-state index < -0.39 is 4.92 Å². The molecule has 0 spiro atoms. The van der Waals surface area contributed by atoms with Crippen LogP contribution >= 0.6 is 0 Å². The van der Waals surface area contributed by atoms with Crippen molar-refractivity contribution in [1.29, 1.82) is 0 Å². The molecule has 0 aliphatic heterocycles. The van der Waals surface area contributed by atoms with Crippen molar-refractivity contribution in [2.24, 2.45) is 0 Å². The van der Waals surface area contributed by atoms with Crippen LogP contribution in [0.3, 0.4) is 0 Å². The van der Waals surface area contributed by atoms with Gasteiger partial charge in [0, 0.05) is 17.5 Å². The summed E-state index contributed by atoms with van der Waals surface area (Å²) in [4.78, 5) is 14.6. The van der Waals surface area contributed by atoms with Crippen LogP contribution in [0, 0.1) is 22.5 Å². The Labute approximate surface area is 110 Å². The second-order valence-corrected chi connectivity index (χ2v) is 4.10. The topological polar surface area (TPSA) is 68.1 Å². The summed E-state index contributed by atoms with van der Waals surface area (Å²) in [6.45, 7) is 1.99. The smallest absolute Gasteiger partial charge is 0.270 e. The molecule has 0 aliphatic carbocycles. The second-order valence-electron chi connectivity index (χ2n) is 4.10. The summed E-state index contributed by atoms with van der Waals surface area (Å²) in [5.41, 5.74) is 0.757. The Hall–Kier alpha value is -2.61. The van der Waals surface area contributed by atoms with E-state index >= 15 is 0 Å². The maximum atomic E-state index is 10.7. The van der Waals surface area contributed by atoms with Crippen LogP contribution in [0.5, 0.6) is 0 Å². The zero-order valence-corrected chi connectivity index (χ0v) is 10.5. The minimum Gasteiger partial charge on any atom is -0.356 e. The van der Waals surface area contributed by atoms with E-state index in [0.717, 1.165) is 11.8 Å². The average molecular weight is 255 g/mol. The number of aromatic nitrogens is 1. The highest BCUT2D eigenvalue weighted by Crippen LogP contribution is 2.21. The Bertz CT molecular complexity index is 661. The monoisotopic (exact) mass is 255 g/mol. The van der Waals surface area contributed by atoms with E-state index in [2.05, 4.69) is 16.2 Å². The third kappa shape index (κ3) is 2.80. The van der Waals surface area contributed by atoms with Crippen molar-refractivity contribution >= 4 is 22.4 Å². The van der Waals surface area contributed by atoms with Gasteiger partial charge in [-0.2, -0.15) is 0 Å². The fourth-order valence-electron chi connectivity index (χ4n) is 1.75. The van der Waals surface area contributed by atoms with Crippen molar-refractivity contribution in [2.45, 2.75) is 19.4 Å². The van der Waals surface area contributed by atoms with Gasteiger partial charge < -0.3 is 5.32 Å². The normalized spacial score (nSPS) is 11.8. The third-order valence-corrected chi connectivity index (χ3v) is 2.82. The summed E-state index contributed by atoms with van der Waals surface area (Å²) >= 11 is 0. The summed E-state index contributed by atoms with van der Waals surface area (Å²) in [5.74, 6) is 3.30. The van der Waals surface area contributed by atoms with Gasteiger partial charge in [0.25, 0.3) is 5.69 Å². The lowest BCUT2D eigenvalue weighted by Crippen LogP contribution is -2.16. The Morgan fingerprint density at radius 1 is 1.47 bits per heavy atom. The molecule has 1 atom stereocenters. The number of benzene rings is 1. The van der Waals surface area contributed by atoms with Crippen LogP contribution in [0.2, 0.25) is 0 Å². The number of rotatable bonds is 4. The van der Waals surface area contributed by atoms with Crippen LogP contribution in [-0.2, 0) is 0 Å². The summed E-state index contributed by atoms with van der Waals surface area (Å²) < 4.78 is 0. The number of nitro groups is 1. The first-order valence-corrected chi connectivity index (χ1v) is 5.92. The predicted octanol–water partition coefficient (Wildman–Crippen LogP) is 2.97. The average Bonchev–Trinajstić information content (AvgIpc) is 2.43. The van der Waals surface area contributed by atoms with Crippen molar-refractivity contribution in [3.63, 3.8) is 0 Å². The molecule has 0 radical (unpaired) electrons. The zero-order valence-electron chi connectivity index (χ0n) is 10.5. The van der Waals surface area contributed by atoms with Gasteiger partial charge in [0.1, 0.15) is 5.82 Å². The molecule has 1 unspecified atom stereocenters. The van der Waals surface area contributed by atoms with E-state index in [1.807, 2.05) is 6.92 Å². The second kappa shape index (κ2) is 5.36. The van der Waals surface area contributed by atoms with Crippen LogP contribution in [-0.4, -0.2) is 15.9 Å². The Kier molecular flexibility index (Phi) is 3.62. The number of hydrogen-bond acceptors (Lipinski definition) is 4. The van der Waals surface area contributed by atoms with E-state index in [9.17, 15) is 10.1 Å². The fourth-order valence-corrected chi connectivity index (χ4v) is 1.75. The molecule has 5 heteroatoms. The Morgan fingerprint density at radius 2 is 2.26 bits per heavy atom. The zero-order chi connectivity index (χ0) is 13.8. The summed E-state index contributed by atoms with van der Waals surface area (Å²) in [6.07, 6.45) is 6.18. The molecule has 1 N–H and O–H groups in total. The van der Waals surface area contributed by atoms with Gasteiger partial charge >= 0.3 is 0 Å². The molecule has 2 rings (SSSR count). The third-order valence-electron chi connectivity index (χ3n) is 2.82. The van der Waals surface area contributed by atoms with Crippen molar-refractivity contribution in [3.05, 3.63) is 40.4 Å². The number of nitro benzene ring substituents is 1. The molecule has 1 heterocycles. The van der Waals surface area contributed by atoms with Gasteiger partial charge in [0.2, 0.25) is 0 Å². The van der Waals surface area contributed by atoms with Gasteiger partial charge in [-0.1, -0.05) is 12.8 Å². The van der Waals surface area contributed by atoms with Crippen molar-refractivity contribution in [1.82, 2.24) is 4.98 Å². The Balaban J connectivity index is 2.34. The predicted molar refractivity (Wildman–Crippen MR) is 74.9 cm³/mol. The quantitative estimate of drug-likeness (QED) is 0.518. The molecule has 0 saturated heterocycles. The molecular weight excluding hydrogens is 242 g/mol. The van der Waals surface area contributed by atoms with E-state index in [1.54, 1.807) is 18.2 Å². The lowest BCUT2D eigenvalue weighted by molar-refractivity contribution is -0.384. The minimum atomic E-state index is -0.420. The minimum absolute atomic E-state index is 0.0602. The number of hydrogen-bond donors (Lipinski definition) is 1. The highest BCUT2D eigenvalue weighted by atomic mass is 16.6. The van der Waals surface area contributed by atoms with Crippen molar-refractivity contribution in [2.75, 3.05) is 5.32 Å². The number of nitrogens with one attached hydrogen (secondary N) is 1. The van der Waals surface area contributed by atoms with Crippen LogP contribution in [0.15, 0.2) is 30.3 Å². The highest BCUT2D eigenvalue weighted by Gasteiger charge is 2.08. The molecule has 5 nitrogen and oxygen atoms in total. The molecule has 1 aromatic heterocycles. The molecular formula is C14H13N3O2. The van der Waals surface area contributed by atoms with Gasteiger partial charge in [-0.15, -0.1) is 6.42 Å². The van der Waals surface area contributed by atoms with E-state index in [4.69, 9.17) is 6.42 Å². The number of nitrogens with zero attached hydrogens (tertiary/aromatic N) is 2. The SMILES string of the molecule is C#CC(CC)Nc1ccc2cc([N+](=O)[O-])ccc2n1. The lowest BCUT2D eigenvalue weighted by atomic mass is 10.2. The molecule has 0 aliphatic rings. The van der Waals surface area contributed by atoms with Crippen LogP contribution in [0.1, 0.15) is 13.3 Å². The van der Waals surface area contributed by atoms with E-state index in [1.165, 1.54) is 12.1 Å². The first-order chi connectivity index (χ1) is 9.13. The van der Waals surface area contributed by atoms with E-state index in [0.29, 0.717) is 11.3 Å². The van der Waals surface area contributed by atoms with E-state index in [-0.39, 0.29) is 11.7 Å². The van der Waals surface area contributed by atoms with Crippen molar-refractivity contribution in [3.8, 4) is 12.3 Å². The van der Waals surface area contributed by atoms with Gasteiger partial charge in [-0.25, -0.2) is 4.98 Å². The van der Waals surface area contributed by atoms with Gasteiger partial charge in [-0.3, -0.25) is 10.1 Å². The summed E-state index contributed by atoms with van der Waals surface area (Å²) in [6, 6.07) is 8.08. The largest absolute Gasteiger partial charge is 0.356 e. The van der Waals surface area contributed by atoms with Gasteiger partial charge in [0.05, 0.1) is 16.5 Å². The number of pyridine rings is 1. The first kappa shape index (κ1) is 12.8. The number of terminal acetylenes is 1. The number of fused-ring (bicyclic) bond motifs is 1. The Morgan fingerprint density at radius 3 is 2.89 bits per heavy atom.